The number of rotatable bonds is 10. The van der Waals surface area contributed by atoms with Gasteiger partial charge in [0.25, 0.3) is 0 Å². The maximum Gasteiger partial charge on any atom is 0.162 e. The quantitative estimate of drug-likeness (QED) is 0.467. The molecule has 7 heteroatoms. The molecule has 0 heterocycles. The predicted octanol–water partition coefficient (Wildman–Crippen LogP) is 5.38. The van der Waals surface area contributed by atoms with Crippen LogP contribution in [-0.2, 0) is 13.2 Å². The molecule has 2 aromatic rings. The van der Waals surface area contributed by atoms with Crippen LogP contribution in [0.2, 0.25) is 10.0 Å². The number of nitrogens with zero attached hydrogens (tertiary/aromatic N) is 1. The van der Waals surface area contributed by atoms with Gasteiger partial charge in [0.2, 0.25) is 0 Å². The van der Waals surface area contributed by atoms with Crippen molar-refractivity contribution >= 4 is 39.1 Å². The minimum Gasteiger partial charge on any atom is -0.493 e. The van der Waals surface area contributed by atoms with E-state index in [1.54, 1.807) is 19.2 Å². The summed E-state index contributed by atoms with van der Waals surface area (Å²) in [5.41, 5.74) is 1.87. The molecular weight excluding hydrogens is 451 g/mol. The molecule has 0 unspecified atom stereocenters. The normalized spacial score (nSPS) is 11.1. The van der Waals surface area contributed by atoms with Gasteiger partial charge in [0.1, 0.15) is 6.61 Å². The van der Waals surface area contributed by atoms with Gasteiger partial charge in [-0.15, -0.1) is 0 Å². The van der Waals surface area contributed by atoms with Gasteiger partial charge in [0, 0.05) is 26.6 Å². The molecule has 0 bridgehead atoms. The van der Waals surface area contributed by atoms with Crippen molar-refractivity contribution in [3.8, 4) is 11.5 Å². The van der Waals surface area contributed by atoms with E-state index < -0.39 is 0 Å². The molecule has 4 nitrogen and oxygen atoms in total. The van der Waals surface area contributed by atoms with Crippen molar-refractivity contribution in [2.75, 3.05) is 34.3 Å². The lowest BCUT2D eigenvalue weighted by molar-refractivity contribution is 0.284. The topological polar surface area (TPSA) is 33.7 Å². The highest BCUT2D eigenvalue weighted by Crippen LogP contribution is 2.35. The van der Waals surface area contributed by atoms with Gasteiger partial charge in [-0.3, -0.25) is 0 Å². The maximum absolute atomic E-state index is 6.21. The number of ether oxygens (including phenoxy) is 2. The largest absolute Gasteiger partial charge is 0.493 e. The average molecular weight is 476 g/mol. The van der Waals surface area contributed by atoms with Crippen molar-refractivity contribution < 1.29 is 9.47 Å². The lowest BCUT2D eigenvalue weighted by Gasteiger charge is -2.16. The molecule has 0 radical (unpaired) electrons. The number of nitrogens with one attached hydrogen (secondary N) is 1. The molecule has 1 N–H and O–H groups in total. The fourth-order valence-corrected chi connectivity index (χ4v) is 3.52. The smallest absolute Gasteiger partial charge is 0.162 e. The molecule has 0 saturated heterocycles. The second kappa shape index (κ2) is 11.1. The number of hydrogen-bond acceptors (Lipinski definition) is 4. The fourth-order valence-electron chi connectivity index (χ4n) is 2.55. The Balaban J connectivity index is 2.02. The molecular formula is C20H25BrCl2N2O2. The Kier molecular flexibility index (Phi) is 9.19. The summed E-state index contributed by atoms with van der Waals surface area (Å²) in [5.74, 6) is 1.31. The van der Waals surface area contributed by atoms with Gasteiger partial charge in [-0.2, -0.15) is 0 Å². The zero-order valence-electron chi connectivity index (χ0n) is 15.8. The van der Waals surface area contributed by atoms with E-state index in [0.29, 0.717) is 21.5 Å². The second-order valence-electron chi connectivity index (χ2n) is 6.42. The van der Waals surface area contributed by atoms with Crippen LogP contribution in [0.15, 0.2) is 34.8 Å². The molecule has 2 rings (SSSR count). The van der Waals surface area contributed by atoms with Crippen molar-refractivity contribution in [2.24, 2.45) is 0 Å². The van der Waals surface area contributed by atoms with Crippen molar-refractivity contribution in [2.45, 2.75) is 19.6 Å². The molecule has 0 fully saturated rings. The van der Waals surface area contributed by atoms with Gasteiger partial charge in [-0.25, -0.2) is 0 Å². The third kappa shape index (κ3) is 6.84. The first-order chi connectivity index (χ1) is 12.9. The van der Waals surface area contributed by atoms with Crippen LogP contribution in [-0.4, -0.2) is 39.2 Å². The Morgan fingerprint density at radius 2 is 1.81 bits per heavy atom. The van der Waals surface area contributed by atoms with E-state index in [-0.39, 0.29) is 6.61 Å². The van der Waals surface area contributed by atoms with Gasteiger partial charge in [-0.1, -0.05) is 45.2 Å². The van der Waals surface area contributed by atoms with E-state index in [1.807, 2.05) is 18.2 Å². The van der Waals surface area contributed by atoms with Gasteiger partial charge in [0.15, 0.2) is 11.5 Å². The Hall–Kier alpha value is -0.980. The lowest BCUT2D eigenvalue weighted by atomic mass is 10.2. The first-order valence-electron chi connectivity index (χ1n) is 8.70. The van der Waals surface area contributed by atoms with Crippen molar-refractivity contribution in [3.63, 3.8) is 0 Å². The summed E-state index contributed by atoms with van der Waals surface area (Å²) in [6.07, 6.45) is 1.10. The number of methoxy groups -OCH3 is 1. The van der Waals surface area contributed by atoms with E-state index in [4.69, 9.17) is 32.7 Å². The molecule has 0 aliphatic rings. The highest BCUT2D eigenvalue weighted by Gasteiger charge is 2.12. The van der Waals surface area contributed by atoms with Crippen LogP contribution < -0.4 is 14.8 Å². The number of benzene rings is 2. The van der Waals surface area contributed by atoms with Crippen molar-refractivity contribution in [1.82, 2.24) is 10.2 Å². The summed E-state index contributed by atoms with van der Waals surface area (Å²) in [4.78, 5) is 2.18. The Bertz CT molecular complexity index is 737. The molecule has 0 aliphatic carbocycles. The summed E-state index contributed by atoms with van der Waals surface area (Å²) in [7, 11) is 5.79. The fraction of sp³-hybridized carbons (Fsp3) is 0.400. The van der Waals surface area contributed by atoms with Crippen molar-refractivity contribution in [1.29, 1.82) is 0 Å². The molecule has 0 amide bonds. The van der Waals surface area contributed by atoms with Crippen LogP contribution in [0.4, 0.5) is 0 Å². The molecule has 0 atom stereocenters. The summed E-state index contributed by atoms with van der Waals surface area (Å²) in [5, 5.41) is 4.62. The number of halogens is 3. The Morgan fingerprint density at radius 1 is 1.11 bits per heavy atom. The van der Waals surface area contributed by atoms with E-state index in [1.165, 1.54) is 0 Å². The zero-order valence-corrected chi connectivity index (χ0v) is 18.9. The van der Waals surface area contributed by atoms with Gasteiger partial charge < -0.3 is 19.7 Å². The maximum atomic E-state index is 6.21. The minimum atomic E-state index is 0.267. The van der Waals surface area contributed by atoms with Gasteiger partial charge >= 0.3 is 0 Å². The molecule has 2 aromatic carbocycles. The summed E-state index contributed by atoms with van der Waals surface area (Å²) in [6, 6.07) is 9.30. The highest BCUT2D eigenvalue weighted by molar-refractivity contribution is 9.10. The third-order valence-electron chi connectivity index (χ3n) is 4.04. The molecule has 0 saturated carbocycles. The van der Waals surface area contributed by atoms with Gasteiger partial charge in [0.05, 0.1) is 7.11 Å². The zero-order chi connectivity index (χ0) is 19.8. The third-order valence-corrected chi connectivity index (χ3v) is 5.49. The Morgan fingerprint density at radius 3 is 2.44 bits per heavy atom. The van der Waals surface area contributed by atoms with E-state index >= 15 is 0 Å². The second-order valence-corrected chi connectivity index (χ2v) is 8.09. The molecule has 27 heavy (non-hydrogen) atoms. The SMILES string of the molecule is COc1cc(CNCCCN(C)C)c(Br)cc1OCc1c(Cl)cccc1Cl. The van der Waals surface area contributed by atoms with Crippen LogP contribution in [0.25, 0.3) is 0 Å². The standard InChI is InChI=1S/C20H25BrCl2N2O2/c1-25(2)9-5-8-24-12-14-10-19(26-3)20(11-16(14)21)27-13-15-17(22)6-4-7-18(15)23/h4,6-7,10-11,24H,5,8-9,12-13H2,1-3H3. The van der Waals surface area contributed by atoms with Crippen LogP contribution in [0, 0.1) is 0 Å². The highest BCUT2D eigenvalue weighted by atomic mass is 79.9. The molecule has 148 valence electrons. The lowest BCUT2D eigenvalue weighted by Crippen LogP contribution is -2.21. The summed E-state index contributed by atoms with van der Waals surface area (Å²) >= 11 is 16.0. The van der Waals surface area contributed by atoms with Gasteiger partial charge in [-0.05, 0) is 63.4 Å². The monoisotopic (exact) mass is 474 g/mol. The average Bonchev–Trinajstić information content (AvgIpc) is 2.62. The summed E-state index contributed by atoms with van der Waals surface area (Å²) < 4.78 is 12.4. The minimum absolute atomic E-state index is 0.267. The van der Waals surface area contributed by atoms with E-state index in [0.717, 1.165) is 41.7 Å². The first-order valence-corrected chi connectivity index (χ1v) is 10.2. The number of hydrogen-bond donors (Lipinski definition) is 1. The molecule has 0 aliphatic heterocycles. The predicted molar refractivity (Wildman–Crippen MR) is 116 cm³/mol. The van der Waals surface area contributed by atoms with Crippen LogP contribution in [0.3, 0.4) is 0 Å². The first kappa shape index (κ1) is 22.3. The van der Waals surface area contributed by atoms with E-state index in [9.17, 15) is 0 Å². The van der Waals surface area contributed by atoms with Crippen LogP contribution >= 0.6 is 39.1 Å². The van der Waals surface area contributed by atoms with Crippen LogP contribution in [0.5, 0.6) is 11.5 Å². The molecule has 0 aromatic heterocycles. The van der Waals surface area contributed by atoms with Crippen molar-refractivity contribution in [3.05, 3.63) is 56.0 Å². The molecule has 0 spiro atoms. The Labute approximate surface area is 179 Å². The summed E-state index contributed by atoms with van der Waals surface area (Å²) in [6.45, 7) is 3.04. The van der Waals surface area contributed by atoms with E-state index in [2.05, 4.69) is 40.2 Å². The van der Waals surface area contributed by atoms with Crippen LogP contribution in [0.1, 0.15) is 17.5 Å².